The minimum atomic E-state index is -4.16. The maximum Gasteiger partial charge on any atom is 0.421 e. The average molecular weight is 619 g/mol. The van der Waals surface area contributed by atoms with Gasteiger partial charge >= 0.3 is 6.09 Å². The number of nitrogens with zero attached hydrogens (tertiary/aromatic N) is 1. The van der Waals surface area contributed by atoms with Crippen molar-refractivity contribution in [3.05, 3.63) is 106 Å². The lowest BCUT2D eigenvalue weighted by atomic mass is 10.0. The number of unbranched alkanes of at least 4 members (excludes halogenated alkanes) is 1. The highest BCUT2D eigenvalue weighted by molar-refractivity contribution is 7.92. The Morgan fingerprint density at radius 2 is 1.63 bits per heavy atom. The van der Waals surface area contributed by atoms with Gasteiger partial charge in [0, 0.05) is 21.7 Å². The van der Waals surface area contributed by atoms with Crippen LogP contribution in [0.4, 0.5) is 10.5 Å². The van der Waals surface area contributed by atoms with Gasteiger partial charge in [-0.25, -0.2) is 17.9 Å². The fourth-order valence-electron chi connectivity index (χ4n) is 4.54. The third kappa shape index (κ3) is 8.55. The zero-order chi connectivity index (χ0) is 31.0. The van der Waals surface area contributed by atoms with E-state index in [0.717, 1.165) is 39.4 Å². The van der Waals surface area contributed by atoms with Crippen molar-refractivity contribution in [2.24, 2.45) is 5.92 Å². The molecule has 0 saturated carbocycles. The molecule has 3 aromatic carbocycles. The maximum atomic E-state index is 13.6. The quantitative estimate of drug-likeness (QED) is 0.163. The molecule has 0 bridgehead atoms. The Balaban J connectivity index is 1.63. The van der Waals surface area contributed by atoms with E-state index in [4.69, 9.17) is 4.74 Å². The van der Waals surface area contributed by atoms with Gasteiger partial charge in [-0.3, -0.25) is 4.79 Å². The van der Waals surface area contributed by atoms with E-state index in [0.29, 0.717) is 42.0 Å². The second-order valence-corrected chi connectivity index (χ2v) is 13.9. The largest absolute Gasteiger partial charge is 0.449 e. The summed E-state index contributed by atoms with van der Waals surface area (Å²) >= 11 is 1.16. The van der Waals surface area contributed by atoms with Gasteiger partial charge in [0.05, 0.1) is 13.2 Å². The molecule has 9 heteroatoms. The lowest BCUT2D eigenvalue weighted by molar-refractivity contribution is 0.0985. The summed E-state index contributed by atoms with van der Waals surface area (Å²) in [5.41, 5.74) is 4.58. The van der Waals surface area contributed by atoms with Crippen molar-refractivity contribution >= 4 is 39.0 Å². The molecule has 0 fully saturated rings. The van der Waals surface area contributed by atoms with Crippen LogP contribution in [0.2, 0.25) is 0 Å². The number of thiophene rings is 1. The van der Waals surface area contributed by atoms with Crippen LogP contribution < -0.4 is 9.62 Å². The molecule has 4 rings (SSSR count). The third-order valence-electron chi connectivity index (χ3n) is 6.77. The third-order valence-corrected chi connectivity index (χ3v) is 9.77. The molecule has 0 unspecified atom stereocenters. The predicted octanol–water partition coefficient (Wildman–Crippen LogP) is 7.98. The molecular formula is C34H38N2O5S2. The van der Waals surface area contributed by atoms with Gasteiger partial charge in [0.2, 0.25) is 0 Å². The second-order valence-electron chi connectivity index (χ2n) is 10.9. The van der Waals surface area contributed by atoms with Gasteiger partial charge in [-0.2, -0.15) is 0 Å². The molecule has 2 amide bonds. The fraction of sp³-hybridized carbons (Fsp3) is 0.294. The van der Waals surface area contributed by atoms with Crippen LogP contribution in [-0.4, -0.2) is 27.0 Å². The lowest BCUT2D eigenvalue weighted by Crippen LogP contribution is -2.31. The molecule has 0 aliphatic carbocycles. The number of nitrogens with one attached hydrogen (secondary N) is 1. The van der Waals surface area contributed by atoms with Crippen molar-refractivity contribution in [1.29, 1.82) is 0 Å². The number of rotatable bonds is 12. The van der Waals surface area contributed by atoms with Gasteiger partial charge < -0.3 is 9.64 Å². The van der Waals surface area contributed by atoms with Crippen molar-refractivity contribution in [1.82, 2.24) is 4.72 Å². The first-order chi connectivity index (χ1) is 20.6. The highest BCUT2D eigenvalue weighted by Gasteiger charge is 2.26. The molecule has 7 nitrogen and oxygen atoms in total. The first-order valence-corrected chi connectivity index (χ1v) is 16.7. The Labute approximate surface area is 258 Å². The number of carbonyl (C=O) groups is 2. The van der Waals surface area contributed by atoms with Crippen LogP contribution in [0, 0.1) is 12.8 Å². The summed E-state index contributed by atoms with van der Waals surface area (Å²) in [6.45, 7) is 8.59. The van der Waals surface area contributed by atoms with Gasteiger partial charge in [-0.05, 0) is 67.1 Å². The first-order valence-electron chi connectivity index (χ1n) is 14.4. The summed E-state index contributed by atoms with van der Waals surface area (Å²) in [4.78, 5) is 28.4. The molecule has 0 aliphatic rings. The van der Waals surface area contributed by atoms with E-state index >= 15 is 0 Å². The highest BCUT2D eigenvalue weighted by Crippen LogP contribution is 2.36. The monoisotopic (exact) mass is 618 g/mol. The molecule has 0 radical (unpaired) electrons. The van der Waals surface area contributed by atoms with E-state index < -0.39 is 16.1 Å². The highest BCUT2D eigenvalue weighted by atomic mass is 32.2. The van der Waals surface area contributed by atoms with E-state index in [1.807, 2.05) is 86.6 Å². The van der Waals surface area contributed by atoms with E-state index in [1.165, 1.54) is 0 Å². The number of anilines is 1. The van der Waals surface area contributed by atoms with Gasteiger partial charge in [0.15, 0.2) is 0 Å². The van der Waals surface area contributed by atoms with Crippen LogP contribution in [0.5, 0.6) is 0 Å². The van der Waals surface area contributed by atoms with Crippen molar-refractivity contribution in [2.75, 3.05) is 11.5 Å². The summed E-state index contributed by atoms with van der Waals surface area (Å²) in [5, 5.41) is 0. The Kier molecular flexibility index (Phi) is 10.8. The van der Waals surface area contributed by atoms with Gasteiger partial charge in [-0.15, -0.1) is 11.3 Å². The number of hydrogen-bond donors (Lipinski definition) is 1. The first kappa shape index (κ1) is 32.0. The number of ether oxygens (including phenoxy) is 1. The Bertz CT molecular complexity index is 1630. The zero-order valence-corrected chi connectivity index (χ0v) is 26.6. The number of sulfonamides is 1. The van der Waals surface area contributed by atoms with Crippen LogP contribution in [0.1, 0.15) is 60.0 Å². The molecular weight excluding hydrogens is 581 g/mol. The molecule has 1 heterocycles. The minimum Gasteiger partial charge on any atom is -0.449 e. The van der Waals surface area contributed by atoms with Gasteiger partial charge in [0.1, 0.15) is 4.21 Å². The smallest absolute Gasteiger partial charge is 0.421 e. The molecule has 1 aromatic heterocycles. The summed E-state index contributed by atoms with van der Waals surface area (Å²) < 4.78 is 33.8. The number of aryl methyl sites for hydroxylation is 1. The summed E-state index contributed by atoms with van der Waals surface area (Å²) in [6.07, 6.45) is 1.21. The van der Waals surface area contributed by atoms with Crippen LogP contribution in [0.25, 0.3) is 11.1 Å². The summed E-state index contributed by atoms with van der Waals surface area (Å²) in [6, 6.07) is 26.4. The molecule has 4 aromatic rings. The second kappa shape index (κ2) is 14.5. The number of carbonyl (C=O) groups excluding carboxylic acids is 2. The normalized spacial score (nSPS) is 11.4. The summed E-state index contributed by atoms with van der Waals surface area (Å²) in [7, 11) is -4.16. The van der Waals surface area contributed by atoms with E-state index in [9.17, 15) is 18.0 Å². The Hall–Kier alpha value is -3.95. The van der Waals surface area contributed by atoms with Crippen LogP contribution in [0.15, 0.2) is 89.1 Å². The number of benzene rings is 3. The van der Waals surface area contributed by atoms with Crippen molar-refractivity contribution < 1.29 is 22.7 Å². The van der Waals surface area contributed by atoms with Crippen LogP contribution in [0.3, 0.4) is 0 Å². The van der Waals surface area contributed by atoms with Crippen LogP contribution >= 0.6 is 11.3 Å². The Morgan fingerprint density at radius 1 is 0.953 bits per heavy atom. The van der Waals surface area contributed by atoms with Gasteiger partial charge in [-0.1, -0.05) is 87.4 Å². The standard InChI is InChI=1S/C34H38N2O5S2/c1-5-6-20-41-34(38)35-43(39,40)33-31(22-30(42-33)21-24(2)3)27-16-14-26(15-17-27)23-36(29-18-12-25(4)13-19-29)32(37)28-10-8-7-9-11-28/h7-19,22,24H,5-6,20-21,23H2,1-4H3,(H,35,38). The molecule has 1 N–H and O–H groups in total. The van der Waals surface area contributed by atoms with Crippen molar-refractivity contribution in [3.63, 3.8) is 0 Å². The predicted molar refractivity (Wildman–Crippen MR) is 173 cm³/mol. The van der Waals surface area contributed by atoms with Crippen LogP contribution in [-0.2, 0) is 27.7 Å². The van der Waals surface area contributed by atoms with Gasteiger partial charge in [0.25, 0.3) is 15.9 Å². The number of amides is 2. The summed E-state index contributed by atoms with van der Waals surface area (Å²) in [5.74, 6) is 0.210. The lowest BCUT2D eigenvalue weighted by Gasteiger charge is -2.23. The minimum absolute atomic E-state index is 0.0730. The SMILES string of the molecule is CCCCOC(=O)NS(=O)(=O)c1sc(CC(C)C)cc1-c1ccc(CN(C(=O)c2ccccc2)c2ccc(C)cc2)cc1. The average Bonchev–Trinajstić information content (AvgIpc) is 3.41. The van der Waals surface area contributed by atoms with Crippen molar-refractivity contribution in [3.8, 4) is 11.1 Å². The topological polar surface area (TPSA) is 92.8 Å². The Morgan fingerprint density at radius 3 is 2.26 bits per heavy atom. The molecule has 0 aliphatic heterocycles. The number of hydrogen-bond acceptors (Lipinski definition) is 6. The molecule has 0 spiro atoms. The van der Waals surface area contributed by atoms with E-state index in [2.05, 4.69) is 18.6 Å². The molecule has 0 atom stereocenters. The fourth-order valence-corrected chi connectivity index (χ4v) is 7.38. The van der Waals surface area contributed by atoms with Crippen molar-refractivity contribution in [2.45, 2.75) is 57.7 Å². The van der Waals surface area contributed by atoms with E-state index in [-0.39, 0.29) is 16.7 Å². The zero-order valence-electron chi connectivity index (χ0n) is 25.0. The molecule has 0 saturated heterocycles. The molecule has 226 valence electrons. The maximum absolute atomic E-state index is 13.6. The van der Waals surface area contributed by atoms with E-state index in [1.54, 1.807) is 17.0 Å². The molecule has 43 heavy (non-hydrogen) atoms.